The average Bonchev–Trinajstić information content (AvgIpc) is 3.19. The number of aryl methyl sites for hydroxylation is 1. The molecule has 0 N–H and O–H groups in total. The lowest BCUT2D eigenvalue weighted by atomic mass is 10.2. The number of nitrogens with zero attached hydrogens (tertiary/aromatic N) is 2. The lowest BCUT2D eigenvalue weighted by molar-refractivity contribution is 0.0718. The van der Waals surface area contributed by atoms with Crippen molar-refractivity contribution in [3.8, 4) is 17.3 Å². The largest absolute Gasteiger partial charge is 0.491 e. The van der Waals surface area contributed by atoms with E-state index in [1.807, 2.05) is 13.8 Å². The fourth-order valence-electron chi connectivity index (χ4n) is 3.31. The Morgan fingerprint density at radius 3 is 1.97 bits per heavy atom. The van der Waals surface area contributed by atoms with Gasteiger partial charge < -0.3 is 9.47 Å². The number of benzene rings is 3. The Labute approximate surface area is 212 Å². The van der Waals surface area contributed by atoms with Crippen LogP contribution in [0.1, 0.15) is 29.9 Å². The van der Waals surface area contributed by atoms with Crippen LogP contribution in [0.4, 0.5) is 22.0 Å². The van der Waals surface area contributed by atoms with E-state index in [4.69, 9.17) is 9.47 Å². The molecule has 0 aliphatic heterocycles. The Kier molecular flexibility index (Phi) is 7.53. The van der Waals surface area contributed by atoms with Crippen LogP contribution in [0.3, 0.4) is 0 Å². The molecule has 0 fully saturated rings. The predicted molar refractivity (Wildman–Crippen MR) is 126 cm³/mol. The molecule has 11 heteroatoms. The van der Waals surface area contributed by atoms with Gasteiger partial charge in [0.05, 0.1) is 32.8 Å². The van der Waals surface area contributed by atoms with E-state index < -0.39 is 40.0 Å². The van der Waals surface area contributed by atoms with Crippen LogP contribution in [0.5, 0.6) is 11.6 Å². The van der Waals surface area contributed by atoms with Crippen molar-refractivity contribution in [2.75, 3.05) is 0 Å². The molecule has 1 aromatic heterocycles. The first-order valence-corrected chi connectivity index (χ1v) is 11.7. The summed E-state index contributed by atoms with van der Waals surface area (Å²) in [6.07, 6.45) is -0.0810. The van der Waals surface area contributed by atoms with E-state index in [0.29, 0.717) is 11.4 Å². The highest BCUT2D eigenvalue weighted by Crippen LogP contribution is 2.42. The summed E-state index contributed by atoms with van der Waals surface area (Å²) in [6.45, 7) is 5.14. The lowest BCUT2D eigenvalue weighted by Gasteiger charge is -2.12. The third kappa shape index (κ3) is 5.31. The van der Waals surface area contributed by atoms with Crippen LogP contribution in [0.2, 0.25) is 0 Å². The highest BCUT2D eigenvalue weighted by Gasteiger charge is 2.30. The molecule has 1 heterocycles. The van der Waals surface area contributed by atoms with Crippen molar-refractivity contribution in [2.45, 2.75) is 36.7 Å². The maximum Gasteiger partial charge on any atom is 0.344 e. The van der Waals surface area contributed by atoms with Gasteiger partial charge >= 0.3 is 5.97 Å². The topological polar surface area (TPSA) is 53.4 Å². The van der Waals surface area contributed by atoms with Gasteiger partial charge in [0.2, 0.25) is 11.7 Å². The van der Waals surface area contributed by atoms with E-state index in [0.717, 1.165) is 0 Å². The van der Waals surface area contributed by atoms with Crippen LogP contribution in [-0.4, -0.2) is 21.9 Å². The zero-order valence-electron chi connectivity index (χ0n) is 19.7. The Balaban J connectivity index is 1.78. The number of aromatic nitrogens is 2. The van der Waals surface area contributed by atoms with Gasteiger partial charge in [0, 0.05) is 0 Å². The van der Waals surface area contributed by atoms with Gasteiger partial charge in [0.15, 0.2) is 23.3 Å². The number of carbonyl (C=O) groups excluding carboxylic acids is 1. The van der Waals surface area contributed by atoms with Gasteiger partial charge in [-0.15, -0.1) is 0 Å². The van der Waals surface area contributed by atoms with Crippen molar-refractivity contribution in [3.63, 3.8) is 0 Å². The molecule has 192 valence electrons. The monoisotopic (exact) mass is 534 g/mol. The molecular weight excluding hydrogens is 515 g/mol. The van der Waals surface area contributed by atoms with Crippen LogP contribution in [0.15, 0.2) is 64.4 Å². The van der Waals surface area contributed by atoms with Crippen LogP contribution in [0.25, 0.3) is 5.69 Å². The number of halogens is 5. The number of carbonyl (C=O) groups is 1. The first-order valence-electron chi connectivity index (χ1n) is 10.9. The first-order chi connectivity index (χ1) is 17.6. The smallest absolute Gasteiger partial charge is 0.344 e. The zero-order valence-corrected chi connectivity index (χ0v) is 20.5. The summed E-state index contributed by atoms with van der Waals surface area (Å²) in [7, 11) is 0. The third-order valence-corrected chi connectivity index (χ3v) is 6.23. The van der Waals surface area contributed by atoms with Gasteiger partial charge in [-0.25, -0.2) is 26.7 Å². The molecule has 0 aliphatic rings. The lowest BCUT2D eigenvalue weighted by Crippen LogP contribution is -2.13. The van der Waals surface area contributed by atoms with Crippen molar-refractivity contribution >= 4 is 17.7 Å². The van der Waals surface area contributed by atoms with Crippen LogP contribution in [0, 0.1) is 36.0 Å². The Bertz CT molecular complexity index is 1430. The number of rotatable bonds is 7. The second-order valence-electron chi connectivity index (χ2n) is 8.05. The summed E-state index contributed by atoms with van der Waals surface area (Å²) in [5.41, 5.74) is 0.682. The van der Waals surface area contributed by atoms with Crippen molar-refractivity contribution in [1.29, 1.82) is 0 Å². The summed E-state index contributed by atoms with van der Waals surface area (Å²) in [5.74, 6) is -11.0. The minimum atomic E-state index is -2.27. The van der Waals surface area contributed by atoms with E-state index in [9.17, 15) is 26.7 Å². The van der Waals surface area contributed by atoms with Gasteiger partial charge in [-0.3, -0.25) is 0 Å². The number of hydrogen-bond donors (Lipinski definition) is 0. The van der Waals surface area contributed by atoms with Gasteiger partial charge in [0.1, 0.15) is 5.75 Å². The fraction of sp³-hybridized carbons (Fsp3) is 0.154. The molecule has 0 amide bonds. The van der Waals surface area contributed by atoms with E-state index in [-0.39, 0.29) is 39.9 Å². The van der Waals surface area contributed by atoms with Gasteiger partial charge in [0.25, 0.3) is 0 Å². The van der Waals surface area contributed by atoms with Gasteiger partial charge in [-0.1, -0.05) is 30.0 Å². The molecule has 0 atom stereocenters. The molecule has 3 aromatic carbocycles. The molecule has 0 saturated carbocycles. The van der Waals surface area contributed by atoms with E-state index in [1.165, 1.54) is 23.7 Å². The summed E-state index contributed by atoms with van der Waals surface area (Å²) in [5, 5.41) is 4.28. The molecule has 0 aliphatic carbocycles. The molecule has 37 heavy (non-hydrogen) atoms. The second kappa shape index (κ2) is 10.6. The van der Waals surface area contributed by atoms with Crippen molar-refractivity contribution in [3.05, 3.63) is 94.9 Å². The molecular formula is C26H19F5N2O3S. The average molecular weight is 535 g/mol. The molecule has 0 bridgehead atoms. The van der Waals surface area contributed by atoms with Crippen LogP contribution < -0.4 is 9.47 Å². The standard InChI is InChI=1S/C26H19F5N2O3S/c1-13(2)35-17-11-9-15(10-12-17)26(34)36-25-23(14(3)32-33(25)16-7-5-4-6-8-16)37-24-21(30)19(28)18(27)20(29)22(24)31/h4-13H,1-3H3. The minimum Gasteiger partial charge on any atom is -0.491 e. The Hall–Kier alpha value is -3.86. The summed E-state index contributed by atoms with van der Waals surface area (Å²) in [6, 6.07) is 14.4. The van der Waals surface area contributed by atoms with E-state index in [2.05, 4.69) is 5.10 Å². The second-order valence-corrected chi connectivity index (χ2v) is 9.07. The summed E-state index contributed by atoms with van der Waals surface area (Å²) in [4.78, 5) is 11.7. The number of esters is 1. The van der Waals surface area contributed by atoms with Crippen LogP contribution in [-0.2, 0) is 0 Å². The van der Waals surface area contributed by atoms with Crippen molar-refractivity contribution in [1.82, 2.24) is 9.78 Å². The summed E-state index contributed by atoms with van der Waals surface area (Å²) >= 11 is 0.216. The molecule has 0 unspecified atom stereocenters. The van der Waals surface area contributed by atoms with Crippen molar-refractivity contribution in [2.24, 2.45) is 0 Å². The van der Waals surface area contributed by atoms with E-state index >= 15 is 0 Å². The molecule has 0 saturated heterocycles. The summed E-state index contributed by atoms with van der Waals surface area (Å²) < 4.78 is 82.5. The molecule has 0 spiro atoms. The maximum atomic E-state index is 14.4. The first kappa shape index (κ1) is 26.2. The fourth-order valence-corrected chi connectivity index (χ4v) is 4.27. The maximum absolute atomic E-state index is 14.4. The molecule has 4 aromatic rings. The molecule has 5 nitrogen and oxygen atoms in total. The van der Waals surface area contributed by atoms with Gasteiger partial charge in [-0.2, -0.15) is 9.78 Å². The molecule has 0 radical (unpaired) electrons. The minimum absolute atomic E-state index is 0.0810. The third-order valence-electron chi connectivity index (χ3n) is 4.99. The van der Waals surface area contributed by atoms with Crippen LogP contribution >= 0.6 is 11.8 Å². The Morgan fingerprint density at radius 2 is 1.41 bits per heavy atom. The van der Waals surface area contributed by atoms with Gasteiger partial charge in [-0.05, 0) is 57.2 Å². The quantitative estimate of drug-likeness (QED) is 0.110. The highest BCUT2D eigenvalue weighted by molar-refractivity contribution is 7.99. The Morgan fingerprint density at radius 1 is 0.838 bits per heavy atom. The number of hydrogen-bond acceptors (Lipinski definition) is 5. The highest BCUT2D eigenvalue weighted by atomic mass is 32.2. The number of para-hydroxylation sites is 1. The number of ether oxygens (including phenoxy) is 2. The zero-order chi connectivity index (χ0) is 26.9. The predicted octanol–water partition coefficient (Wildman–Crippen LogP) is 7.03. The molecule has 4 rings (SSSR count). The normalized spacial score (nSPS) is 11.2. The van der Waals surface area contributed by atoms with E-state index in [1.54, 1.807) is 42.5 Å². The SMILES string of the molecule is Cc1nn(-c2ccccc2)c(OC(=O)c2ccc(OC(C)C)cc2)c1Sc1c(F)c(F)c(F)c(F)c1F. The van der Waals surface area contributed by atoms with Crippen molar-refractivity contribution < 1.29 is 36.2 Å².